The van der Waals surface area contributed by atoms with Crippen molar-refractivity contribution in [3.63, 3.8) is 0 Å². The van der Waals surface area contributed by atoms with E-state index >= 15 is 0 Å². The maximum absolute atomic E-state index is 5.26. The molecule has 7 heavy (non-hydrogen) atoms. The Hall–Kier alpha value is -0.0800. The molecule has 1 aliphatic heterocycles. The van der Waals surface area contributed by atoms with Gasteiger partial charge in [-0.2, -0.15) is 0 Å². The van der Waals surface area contributed by atoms with E-state index in [9.17, 15) is 0 Å². The summed E-state index contributed by atoms with van der Waals surface area (Å²) in [6.07, 6.45) is 2.77. The second kappa shape index (κ2) is 2.28. The van der Waals surface area contributed by atoms with Gasteiger partial charge in [0, 0.05) is 6.61 Å². The minimum atomic E-state index is 0.505. The van der Waals surface area contributed by atoms with Gasteiger partial charge in [0.1, 0.15) is 0 Å². The molecule has 0 spiro atoms. The highest BCUT2D eigenvalue weighted by molar-refractivity contribution is 4.65. The summed E-state index contributed by atoms with van der Waals surface area (Å²) in [4.78, 5) is 0. The van der Waals surface area contributed by atoms with Crippen molar-refractivity contribution in [2.24, 2.45) is 5.73 Å². The van der Waals surface area contributed by atoms with E-state index in [1.165, 1.54) is 6.42 Å². The van der Waals surface area contributed by atoms with E-state index < -0.39 is 0 Å². The third-order valence-electron chi connectivity index (χ3n) is 1.28. The highest BCUT2D eigenvalue weighted by Gasteiger charge is 2.15. The van der Waals surface area contributed by atoms with Crippen LogP contribution in [0.2, 0.25) is 0 Å². The smallest absolute Gasteiger partial charge is 0.0609 e. The van der Waals surface area contributed by atoms with Crippen LogP contribution >= 0.6 is 0 Å². The third kappa shape index (κ3) is 1.14. The van der Waals surface area contributed by atoms with Gasteiger partial charge >= 0.3 is 0 Å². The second-order valence-corrected chi connectivity index (χ2v) is 1.86. The van der Waals surface area contributed by atoms with Crippen LogP contribution in [-0.2, 0) is 4.74 Å². The lowest BCUT2D eigenvalue weighted by atomic mass is 10.1. The highest BCUT2D eigenvalue weighted by Crippen LogP contribution is 2.12. The second-order valence-electron chi connectivity index (χ2n) is 1.86. The Bertz CT molecular complexity index is 52.0. The van der Waals surface area contributed by atoms with Crippen LogP contribution in [0.1, 0.15) is 12.8 Å². The molecule has 1 atom stereocenters. The monoisotopic (exact) mass is 101 g/mol. The van der Waals surface area contributed by atoms with Gasteiger partial charge < -0.3 is 10.5 Å². The minimum Gasteiger partial charge on any atom is -0.378 e. The molecular weight excluding hydrogens is 90.1 g/mol. The SMILES string of the molecule is NCC[C@H]1CCO1. The summed E-state index contributed by atoms with van der Waals surface area (Å²) in [5.41, 5.74) is 5.26. The summed E-state index contributed by atoms with van der Waals surface area (Å²) in [5, 5.41) is 0. The Morgan fingerprint density at radius 3 is 2.57 bits per heavy atom. The molecule has 0 amide bonds. The standard InChI is InChI=1S/C5H11NO/c6-3-1-5-2-4-7-5/h5H,1-4,6H2/t5-/m0/s1. The molecule has 0 saturated carbocycles. The lowest BCUT2D eigenvalue weighted by molar-refractivity contribution is -0.0528. The average Bonchev–Trinajstić information content (AvgIpc) is 1.55. The zero-order chi connectivity index (χ0) is 5.11. The predicted octanol–water partition coefficient (Wildman–Crippen LogP) is 0.124. The van der Waals surface area contributed by atoms with Crippen molar-refractivity contribution in [3.05, 3.63) is 0 Å². The molecule has 1 fully saturated rings. The van der Waals surface area contributed by atoms with Crippen LogP contribution < -0.4 is 5.73 Å². The minimum absolute atomic E-state index is 0.505. The van der Waals surface area contributed by atoms with Gasteiger partial charge in [-0.3, -0.25) is 0 Å². The fourth-order valence-corrected chi connectivity index (χ4v) is 0.698. The molecule has 0 aromatic rings. The molecule has 2 nitrogen and oxygen atoms in total. The Morgan fingerprint density at radius 2 is 2.43 bits per heavy atom. The van der Waals surface area contributed by atoms with Gasteiger partial charge in [-0.25, -0.2) is 0 Å². The molecule has 1 heterocycles. The lowest BCUT2D eigenvalue weighted by Gasteiger charge is -2.25. The van der Waals surface area contributed by atoms with Crippen LogP contribution in [0, 0.1) is 0 Å². The largest absolute Gasteiger partial charge is 0.378 e. The van der Waals surface area contributed by atoms with Crippen LogP contribution in [0.5, 0.6) is 0 Å². The van der Waals surface area contributed by atoms with E-state index in [1.54, 1.807) is 0 Å². The van der Waals surface area contributed by atoms with E-state index in [0.717, 1.165) is 19.6 Å². The number of nitrogens with two attached hydrogens (primary N) is 1. The Morgan fingerprint density at radius 1 is 1.71 bits per heavy atom. The first-order chi connectivity index (χ1) is 3.43. The molecule has 0 aliphatic carbocycles. The molecule has 1 saturated heterocycles. The summed E-state index contributed by atoms with van der Waals surface area (Å²) in [5.74, 6) is 0. The highest BCUT2D eigenvalue weighted by atomic mass is 16.5. The van der Waals surface area contributed by atoms with Crippen molar-refractivity contribution in [1.29, 1.82) is 0 Å². The van der Waals surface area contributed by atoms with Crippen LogP contribution in [-0.4, -0.2) is 19.3 Å². The average molecular weight is 101 g/mol. The van der Waals surface area contributed by atoms with E-state index in [2.05, 4.69) is 0 Å². The van der Waals surface area contributed by atoms with Gasteiger partial charge in [0.15, 0.2) is 0 Å². The molecule has 1 rings (SSSR count). The topological polar surface area (TPSA) is 35.2 Å². The summed E-state index contributed by atoms with van der Waals surface area (Å²) < 4.78 is 5.09. The van der Waals surface area contributed by atoms with Crippen LogP contribution in [0.3, 0.4) is 0 Å². The Labute approximate surface area is 43.6 Å². The number of hydrogen-bond donors (Lipinski definition) is 1. The molecular formula is C5H11NO. The molecule has 0 radical (unpaired) electrons. The Kier molecular flexibility index (Phi) is 1.65. The first-order valence-electron chi connectivity index (χ1n) is 2.75. The number of ether oxygens (including phenoxy) is 1. The van der Waals surface area contributed by atoms with Gasteiger partial charge in [0.2, 0.25) is 0 Å². The third-order valence-corrected chi connectivity index (χ3v) is 1.28. The normalized spacial score (nSPS) is 29.6. The summed E-state index contributed by atoms with van der Waals surface area (Å²) in [7, 11) is 0. The van der Waals surface area contributed by atoms with Gasteiger partial charge in [-0.15, -0.1) is 0 Å². The van der Waals surface area contributed by atoms with Gasteiger partial charge in [-0.1, -0.05) is 0 Å². The van der Waals surface area contributed by atoms with E-state index in [-0.39, 0.29) is 0 Å². The van der Waals surface area contributed by atoms with Gasteiger partial charge in [-0.05, 0) is 19.4 Å². The lowest BCUT2D eigenvalue weighted by Crippen LogP contribution is -2.28. The fraction of sp³-hybridized carbons (Fsp3) is 1.00. The van der Waals surface area contributed by atoms with Crippen molar-refractivity contribution >= 4 is 0 Å². The zero-order valence-electron chi connectivity index (χ0n) is 4.39. The first kappa shape index (κ1) is 5.06. The molecule has 0 unspecified atom stereocenters. The molecule has 0 aromatic carbocycles. The van der Waals surface area contributed by atoms with Crippen molar-refractivity contribution < 1.29 is 4.74 Å². The first-order valence-corrected chi connectivity index (χ1v) is 2.75. The molecule has 2 N–H and O–H groups in total. The van der Waals surface area contributed by atoms with E-state index in [4.69, 9.17) is 10.5 Å². The maximum atomic E-state index is 5.26. The van der Waals surface area contributed by atoms with Gasteiger partial charge in [0.05, 0.1) is 6.10 Å². The van der Waals surface area contributed by atoms with E-state index in [1.807, 2.05) is 0 Å². The predicted molar refractivity (Wildman–Crippen MR) is 28.0 cm³/mol. The number of hydrogen-bond acceptors (Lipinski definition) is 2. The Balaban J connectivity index is 1.93. The van der Waals surface area contributed by atoms with E-state index in [0.29, 0.717) is 6.10 Å². The molecule has 42 valence electrons. The van der Waals surface area contributed by atoms with Crippen LogP contribution in [0.15, 0.2) is 0 Å². The molecule has 1 aliphatic rings. The molecule has 2 heteroatoms. The van der Waals surface area contributed by atoms with Crippen LogP contribution in [0.25, 0.3) is 0 Å². The molecule has 0 bridgehead atoms. The summed E-state index contributed by atoms with van der Waals surface area (Å²) in [6, 6.07) is 0. The van der Waals surface area contributed by atoms with Crippen molar-refractivity contribution in [2.75, 3.05) is 13.2 Å². The quantitative estimate of drug-likeness (QED) is 0.536. The van der Waals surface area contributed by atoms with Crippen molar-refractivity contribution in [2.45, 2.75) is 18.9 Å². The molecule has 0 aromatic heterocycles. The van der Waals surface area contributed by atoms with Gasteiger partial charge in [0.25, 0.3) is 0 Å². The maximum Gasteiger partial charge on any atom is 0.0609 e. The number of rotatable bonds is 2. The zero-order valence-corrected chi connectivity index (χ0v) is 4.39. The fourth-order valence-electron chi connectivity index (χ4n) is 0.698. The van der Waals surface area contributed by atoms with Crippen molar-refractivity contribution in [1.82, 2.24) is 0 Å². The van der Waals surface area contributed by atoms with Crippen LogP contribution in [0.4, 0.5) is 0 Å². The summed E-state index contributed by atoms with van der Waals surface area (Å²) >= 11 is 0. The van der Waals surface area contributed by atoms with Crippen molar-refractivity contribution in [3.8, 4) is 0 Å². The summed E-state index contributed by atoms with van der Waals surface area (Å²) in [6.45, 7) is 1.72.